The molecule has 6 aliphatic rings. The van der Waals surface area contributed by atoms with Crippen LogP contribution in [-0.2, 0) is 27.8 Å². The Morgan fingerprint density at radius 1 is 1.11 bits per heavy atom. The van der Waals surface area contributed by atoms with E-state index < -0.39 is 10.0 Å². The summed E-state index contributed by atoms with van der Waals surface area (Å²) in [5.41, 5.74) is 2.53. The number of aromatic nitrogens is 2. The minimum atomic E-state index is -3.74. The summed E-state index contributed by atoms with van der Waals surface area (Å²) >= 11 is 0. The smallest absolute Gasteiger partial charge is 0.243 e. The van der Waals surface area contributed by atoms with Gasteiger partial charge in [0.1, 0.15) is 24.5 Å². The lowest BCUT2D eigenvalue weighted by Crippen LogP contribution is -2.47. The quantitative estimate of drug-likeness (QED) is 0.621. The van der Waals surface area contributed by atoms with Gasteiger partial charge in [-0.25, -0.2) is 18.4 Å². The zero-order valence-corrected chi connectivity index (χ0v) is 22.7. The first-order chi connectivity index (χ1) is 18.3. The van der Waals surface area contributed by atoms with Gasteiger partial charge in [0.2, 0.25) is 15.9 Å². The first-order valence-corrected chi connectivity index (χ1v) is 15.3. The van der Waals surface area contributed by atoms with E-state index in [1.54, 1.807) is 18.2 Å². The SMILES string of the molecule is CN1CCOc2cc(S(=O)(=O)N3CCc4c(ncnc4NC(=O)CC45CC6CC(CC(C6)C4)C5)C3)ccc21. The predicted molar refractivity (Wildman–Crippen MR) is 142 cm³/mol. The van der Waals surface area contributed by atoms with Crippen molar-refractivity contribution in [3.05, 3.63) is 35.8 Å². The van der Waals surface area contributed by atoms with Crippen molar-refractivity contribution in [2.75, 3.05) is 37.0 Å². The molecule has 0 radical (unpaired) electrons. The van der Waals surface area contributed by atoms with Gasteiger partial charge < -0.3 is 15.0 Å². The molecular weight excluding hydrogens is 502 g/mol. The molecule has 38 heavy (non-hydrogen) atoms. The number of likely N-dealkylation sites (N-methyl/N-ethyl adjacent to an activating group) is 1. The molecular formula is C28H35N5O4S. The number of sulfonamides is 1. The summed E-state index contributed by atoms with van der Waals surface area (Å²) in [4.78, 5) is 24.3. The first kappa shape index (κ1) is 24.3. The summed E-state index contributed by atoms with van der Waals surface area (Å²) < 4.78 is 34.2. The maximum atomic E-state index is 13.5. The van der Waals surface area contributed by atoms with E-state index in [4.69, 9.17) is 4.74 Å². The molecule has 1 N–H and O–H groups in total. The van der Waals surface area contributed by atoms with Gasteiger partial charge in [0.25, 0.3) is 0 Å². The Morgan fingerprint density at radius 3 is 2.58 bits per heavy atom. The number of benzene rings is 1. The Kier molecular flexibility index (Phi) is 5.70. The molecule has 0 spiro atoms. The summed E-state index contributed by atoms with van der Waals surface area (Å²) in [7, 11) is -1.77. The molecule has 4 fully saturated rings. The summed E-state index contributed by atoms with van der Waals surface area (Å²) in [6.07, 6.45) is 10.1. The third-order valence-corrected chi connectivity index (χ3v) is 11.4. The van der Waals surface area contributed by atoms with Crippen LogP contribution in [0.5, 0.6) is 5.75 Å². The number of anilines is 2. The van der Waals surface area contributed by atoms with Gasteiger partial charge in [-0.15, -0.1) is 0 Å². The van der Waals surface area contributed by atoms with Crippen molar-refractivity contribution < 1.29 is 17.9 Å². The van der Waals surface area contributed by atoms with Crippen molar-refractivity contribution in [2.45, 2.75) is 62.8 Å². The van der Waals surface area contributed by atoms with E-state index in [-0.39, 0.29) is 22.8 Å². The van der Waals surface area contributed by atoms with Gasteiger partial charge in [-0.1, -0.05) is 0 Å². The number of fused-ring (bicyclic) bond motifs is 2. The average molecular weight is 538 g/mol. The molecule has 202 valence electrons. The molecule has 1 amide bonds. The van der Waals surface area contributed by atoms with E-state index >= 15 is 0 Å². The second kappa shape index (κ2) is 8.91. The number of carbonyl (C=O) groups is 1. The molecule has 4 bridgehead atoms. The minimum absolute atomic E-state index is 0.0296. The van der Waals surface area contributed by atoms with Crippen LogP contribution in [0.2, 0.25) is 0 Å². The maximum Gasteiger partial charge on any atom is 0.243 e. The van der Waals surface area contributed by atoms with Gasteiger partial charge in [-0.2, -0.15) is 4.31 Å². The lowest BCUT2D eigenvalue weighted by molar-refractivity contribution is -0.124. The molecule has 4 aliphatic carbocycles. The molecule has 0 atom stereocenters. The lowest BCUT2D eigenvalue weighted by atomic mass is 9.49. The van der Waals surface area contributed by atoms with E-state index in [1.807, 2.05) is 7.05 Å². The van der Waals surface area contributed by atoms with Crippen LogP contribution in [0.3, 0.4) is 0 Å². The van der Waals surface area contributed by atoms with Crippen LogP contribution in [0.15, 0.2) is 29.4 Å². The number of nitrogens with zero attached hydrogens (tertiary/aromatic N) is 4. The maximum absolute atomic E-state index is 13.5. The van der Waals surface area contributed by atoms with Gasteiger partial charge in [0.15, 0.2) is 0 Å². The molecule has 4 saturated carbocycles. The van der Waals surface area contributed by atoms with Gasteiger partial charge in [-0.3, -0.25) is 4.79 Å². The van der Waals surface area contributed by atoms with E-state index in [9.17, 15) is 13.2 Å². The average Bonchev–Trinajstić information content (AvgIpc) is 2.87. The number of ether oxygens (including phenoxy) is 1. The molecule has 8 rings (SSSR count). The van der Waals surface area contributed by atoms with Crippen LogP contribution in [0.1, 0.15) is 56.2 Å². The summed E-state index contributed by atoms with van der Waals surface area (Å²) in [6.45, 7) is 1.75. The van der Waals surface area contributed by atoms with E-state index in [0.717, 1.165) is 35.5 Å². The number of hydrogen-bond acceptors (Lipinski definition) is 7. The highest BCUT2D eigenvalue weighted by Gasteiger charge is 2.51. The van der Waals surface area contributed by atoms with E-state index in [0.29, 0.717) is 43.3 Å². The number of hydrogen-bond donors (Lipinski definition) is 1. The van der Waals surface area contributed by atoms with Crippen LogP contribution < -0.4 is 15.0 Å². The van der Waals surface area contributed by atoms with E-state index in [2.05, 4.69) is 20.2 Å². The van der Waals surface area contributed by atoms with Gasteiger partial charge in [0, 0.05) is 31.6 Å². The minimum Gasteiger partial charge on any atom is -0.490 e. The molecule has 10 heteroatoms. The molecule has 0 saturated heterocycles. The highest BCUT2D eigenvalue weighted by molar-refractivity contribution is 7.89. The van der Waals surface area contributed by atoms with Crippen LogP contribution in [-0.4, -0.2) is 55.3 Å². The Bertz CT molecular complexity index is 1360. The zero-order chi connectivity index (χ0) is 26.1. The molecule has 1 aromatic heterocycles. The Hall–Kier alpha value is -2.72. The summed E-state index contributed by atoms with van der Waals surface area (Å²) in [5.74, 6) is 3.56. The van der Waals surface area contributed by atoms with E-state index in [1.165, 1.54) is 49.2 Å². The predicted octanol–water partition coefficient (Wildman–Crippen LogP) is 3.60. The fourth-order valence-corrected chi connectivity index (χ4v) is 9.73. The zero-order valence-electron chi connectivity index (χ0n) is 21.9. The Morgan fingerprint density at radius 2 is 1.84 bits per heavy atom. The first-order valence-electron chi connectivity index (χ1n) is 13.9. The third-order valence-electron chi connectivity index (χ3n) is 9.59. The van der Waals surface area contributed by atoms with Crippen LogP contribution >= 0.6 is 0 Å². The number of carbonyl (C=O) groups excluding carboxylic acids is 1. The molecule has 2 aliphatic heterocycles. The highest BCUT2D eigenvalue weighted by Crippen LogP contribution is 2.61. The molecule has 2 aromatic rings. The lowest BCUT2D eigenvalue weighted by Gasteiger charge is -2.56. The largest absolute Gasteiger partial charge is 0.490 e. The number of nitrogens with one attached hydrogen (secondary N) is 1. The number of amides is 1. The van der Waals surface area contributed by atoms with Crippen molar-refractivity contribution in [2.24, 2.45) is 23.2 Å². The fraction of sp³-hybridized carbons (Fsp3) is 0.607. The number of rotatable bonds is 5. The van der Waals surface area contributed by atoms with Crippen LogP contribution in [0, 0.1) is 23.2 Å². The van der Waals surface area contributed by atoms with Crippen LogP contribution in [0.25, 0.3) is 0 Å². The highest BCUT2D eigenvalue weighted by atomic mass is 32.2. The Labute approximate surface area is 224 Å². The second-order valence-electron chi connectivity index (χ2n) is 12.3. The molecule has 3 heterocycles. The van der Waals surface area contributed by atoms with Crippen LogP contribution in [0.4, 0.5) is 11.5 Å². The van der Waals surface area contributed by atoms with Gasteiger partial charge >= 0.3 is 0 Å². The molecule has 1 aromatic carbocycles. The van der Waals surface area contributed by atoms with Gasteiger partial charge in [0.05, 0.1) is 29.4 Å². The van der Waals surface area contributed by atoms with Crippen molar-refractivity contribution in [3.63, 3.8) is 0 Å². The summed E-state index contributed by atoms with van der Waals surface area (Å²) in [6, 6.07) is 5.07. The second-order valence-corrected chi connectivity index (χ2v) is 14.2. The molecule has 9 nitrogen and oxygen atoms in total. The van der Waals surface area contributed by atoms with Crippen molar-refractivity contribution >= 4 is 27.4 Å². The van der Waals surface area contributed by atoms with Crippen molar-refractivity contribution in [3.8, 4) is 5.75 Å². The van der Waals surface area contributed by atoms with Crippen molar-refractivity contribution in [1.82, 2.24) is 14.3 Å². The molecule has 0 unspecified atom stereocenters. The fourth-order valence-electron chi connectivity index (χ4n) is 8.31. The normalized spacial score (nSPS) is 29.9. The third kappa shape index (κ3) is 4.16. The summed E-state index contributed by atoms with van der Waals surface area (Å²) in [5, 5.41) is 3.09. The standard InChI is InChI=1S/C28H35N5O4S/c1-32-6-7-37-25-11-21(2-3-24(25)32)38(35,36)33-5-4-22-23(16-33)29-17-30-27(22)31-26(34)15-28-12-18-8-19(13-28)10-20(9-18)14-28/h2-3,11,17-20H,4-10,12-16H2,1H3,(H,29,30,31,34). The van der Waals surface area contributed by atoms with Gasteiger partial charge in [-0.05, 0) is 80.2 Å². The topological polar surface area (TPSA) is 105 Å². The van der Waals surface area contributed by atoms with Crippen molar-refractivity contribution in [1.29, 1.82) is 0 Å². The monoisotopic (exact) mass is 537 g/mol. The Balaban J connectivity index is 1.07.